The van der Waals surface area contributed by atoms with Gasteiger partial charge in [-0.15, -0.1) is 0 Å². The Labute approximate surface area is 143 Å². The van der Waals surface area contributed by atoms with Gasteiger partial charge >= 0.3 is 0 Å². The number of amides is 1. The van der Waals surface area contributed by atoms with Crippen molar-refractivity contribution in [2.75, 3.05) is 5.75 Å². The highest BCUT2D eigenvalue weighted by atomic mass is 32.2. The number of aryl methyl sites for hydroxylation is 1. The molecule has 122 valence electrons. The predicted molar refractivity (Wildman–Crippen MR) is 99.6 cm³/mol. The highest BCUT2D eigenvalue weighted by molar-refractivity contribution is 7.98. The van der Waals surface area contributed by atoms with E-state index in [0.717, 1.165) is 23.5 Å². The number of rotatable bonds is 8. The fourth-order valence-corrected chi connectivity index (χ4v) is 3.27. The topological polar surface area (TPSA) is 29.1 Å². The third-order valence-electron chi connectivity index (χ3n) is 3.85. The second-order valence-electron chi connectivity index (χ2n) is 5.67. The molecule has 1 amide bonds. The van der Waals surface area contributed by atoms with Crippen molar-refractivity contribution in [3.8, 4) is 0 Å². The van der Waals surface area contributed by atoms with Crippen LogP contribution in [0.4, 0.5) is 0 Å². The summed E-state index contributed by atoms with van der Waals surface area (Å²) < 4.78 is 0. The van der Waals surface area contributed by atoms with Crippen LogP contribution in [0.3, 0.4) is 0 Å². The van der Waals surface area contributed by atoms with Gasteiger partial charge in [-0.25, -0.2) is 0 Å². The van der Waals surface area contributed by atoms with Crippen LogP contribution in [0.5, 0.6) is 0 Å². The number of hydrogen-bond acceptors (Lipinski definition) is 2. The molecule has 2 aromatic rings. The lowest BCUT2D eigenvalue weighted by Crippen LogP contribution is -2.26. The minimum absolute atomic E-state index is 0.0625. The minimum atomic E-state index is 0.0625. The van der Waals surface area contributed by atoms with E-state index < -0.39 is 0 Å². The number of hydrogen-bond donors (Lipinski definition) is 1. The molecule has 1 atom stereocenters. The van der Waals surface area contributed by atoms with E-state index >= 15 is 0 Å². The van der Waals surface area contributed by atoms with Gasteiger partial charge in [0.2, 0.25) is 5.91 Å². The van der Waals surface area contributed by atoms with Crippen LogP contribution in [0.25, 0.3) is 0 Å². The van der Waals surface area contributed by atoms with Crippen LogP contribution in [-0.2, 0) is 17.0 Å². The molecule has 0 saturated carbocycles. The first-order valence-corrected chi connectivity index (χ1v) is 9.34. The molecule has 0 aromatic heterocycles. The highest BCUT2D eigenvalue weighted by Crippen LogP contribution is 2.15. The third-order valence-corrected chi connectivity index (χ3v) is 4.88. The monoisotopic (exact) mass is 327 g/mol. The molecule has 0 spiro atoms. The van der Waals surface area contributed by atoms with E-state index in [0.29, 0.717) is 6.42 Å². The summed E-state index contributed by atoms with van der Waals surface area (Å²) in [6, 6.07) is 18.9. The lowest BCUT2D eigenvalue weighted by Gasteiger charge is -2.14. The van der Waals surface area contributed by atoms with E-state index in [1.165, 1.54) is 11.1 Å². The van der Waals surface area contributed by atoms with E-state index in [1.807, 2.05) is 25.1 Å². The Kier molecular flexibility index (Phi) is 7.21. The van der Waals surface area contributed by atoms with Crippen LogP contribution in [0.1, 0.15) is 43.0 Å². The first-order chi connectivity index (χ1) is 11.2. The molecule has 0 unspecified atom stereocenters. The van der Waals surface area contributed by atoms with Gasteiger partial charge < -0.3 is 5.32 Å². The third kappa shape index (κ3) is 6.11. The summed E-state index contributed by atoms with van der Waals surface area (Å²) in [4.78, 5) is 12.0. The highest BCUT2D eigenvalue weighted by Gasteiger charge is 2.09. The maximum atomic E-state index is 12.0. The van der Waals surface area contributed by atoms with Crippen molar-refractivity contribution in [1.29, 1.82) is 0 Å². The maximum absolute atomic E-state index is 12.0. The summed E-state index contributed by atoms with van der Waals surface area (Å²) in [5, 5.41) is 3.08. The summed E-state index contributed by atoms with van der Waals surface area (Å²) in [7, 11) is 0. The quantitative estimate of drug-likeness (QED) is 0.709. The summed E-state index contributed by atoms with van der Waals surface area (Å²) >= 11 is 1.80. The SMILES string of the molecule is CCc1ccc([C@H](C)NC(=O)CCSCc2ccccc2)cc1. The number of carbonyl (C=O) groups excluding carboxylic acids is 1. The molecule has 0 radical (unpaired) electrons. The minimum Gasteiger partial charge on any atom is -0.350 e. The molecule has 2 nitrogen and oxygen atoms in total. The Morgan fingerprint density at radius 1 is 1.04 bits per heavy atom. The van der Waals surface area contributed by atoms with E-state index in [-0.39, 0.29) is 11.9 Å². The molecule has 2 rings (SSSR count). The van der Waals surface area contributed by atoms with E-state index in [2.05, 4.69) is 48.6 Å². The van der Waals surface area contributed by atoms with Crippen molar-refractivity contribution in [3.63, 3.8) is 0 Å². The van der Waals surface area contributed by atoms with Crippen LogP contribution in [0.2, 0.25) is 0 Å². The summed E-state index contributed by atoms with van der Waals surface area (Å²) in [5.74, 6) is 1.93. The van der Waals surface area contributed by atoms with Crippen molar-refractivity contribution in [3.05, 3.63) is 71.3 Å². The predicted octanol–water partition coefficient (Wildman–Crippen LogP) is 4.75. The van der Waals surface area contributed by atoms with Gasteiger partial charge in [-0.05, 0) is 30.0 Å². The van der Waals surface area contributed by atoms with Gasteiger partial charge in [-0.1, -0.05) is 61.5 Å². The number of carbonyl (C=O) groups is 1. The molecule has 0 aliphatic carbocycles. The molecule has 23 heavy (non-hydrogen) atoms. The van der Waals surface area contributed by atoms with Gasteiger partial charge in [0.1, 0.15) is 0 Å². The smallest absolute Gasteiger partial charge is 0.221 e. The van der Waals surface area contributed by atoms with Gasteiger partial charge in [0.15, 0.2) is 0 Å². The molecule has 0 saturated heterocycles. The maximum Gasteiger partial charge on any atom is 0.221 e. The number of nitrogens with one attached hydrogen (secondary N) is 1. The number of benzene rings is 2. The number of thioether (sulfide) groups is 1. The van der Waals surface area contributed by atoms with Crippen molar-refractivity contribution < 1.29 is 4.79 Å². The Morgan fingerprint density at radius 2 is 1.74 bits per heavy atom. The summed E-state index contributed by atoms with van der Waals surface area (Å²) in [5.41, 5.74) is 3.79. The first kappa shape index (κ1) is 17.6. The Balaban J connectivity index is 1.69. The van der Waals surface area contributed by atoms with Crippen molar-refractivity contribution >= 4 is 17.7 Å². The average molecular weight is 327 g/mol. The Bertz CT molecular complexity index is 595. The molecule has 2 aromatic carbocycles. The second-order valence-corrected chi connectivity index (χ2v) is 6.78. The van der Waals surface area contributed by atoms with Crippen LogP contribution in [0, 0.1) is 0 Å². The van der Waals surface area contributed by atoms with Crippen LogP contribution < -0.4 is 5.32 Å². The van der Waals surface area contributed by atoms with Crippen molar-refractivity contribution in [2.24, 2.45) is 0 Å². The standard InChI is InChI=1S/C20H25NOS/c1-3-17-9-11-19(12-10-17)16(2)21-20(22)13-14-23-15-18-7-5-4-6-8-18/h4-12,16H,3,13-15H2,1-2H3,(H,21,22)/t16-/m0/s1. The van der Waals surface area contributed by atoms with Gasteiger partial charge in [-0.2, -0.15) is 11.8 Å². The van der Waals surface area contributed by atoms with E-state index in [9.17, 15) is 4.79 Å². The van der Waals surface area contributed by atoms with E-state index in [1.54, 1.807) is 11.8 Å². The molecule has 0 bridgehead atoms. The molecule has 0 aliphatic heterocycles. The van der Waals surface area contributed by atoms with Crippen LogP contribution in [-0.4, -0.2) is 11.7 Å². The normalized spacial score (nSPS) is 11.9. The van der Waals surface area contributed by atoms with Gasteiger partial charge in [0.05, 0.1) is 6.04 Å². The van der Waals surface area contributed by atoms with Gasteiger partial charge in [0, 0.05) is 17.9 Å². The van der Waals surface area contributed by atoms with Crippen molar-refractivity contribution in [2.45, 2.75) is 38.5 Å². The molecular weight excluding hydrogens is 302 g/mol. The average Bonchev–Trinajstić information content (AvgIpc) is 2.59. The lowest BCUT2D eigenvalue weighted by molar-refractivity contribution is -0.121. The van der Waals surface area contributed by atoms with Crippen molar-refractivity contribution in [1.82, 2.24) is 5.32 Å². The zero-order valence-electron chi connectivity index (χ0n) is 13.9. The second kappa shape index (κ2) is 9.41. The molecule has 1 N–H and O–H groups in total. The largest absolute Gasteiger partial charge is 0.350 e. The fraction of sp³-hybridized carbons (Fsp3) is 0.350. The van der Waals surface area contributed by atoms with Crippen LogP contribution in [0.15, 0.2) is 54.6 Å². The summed E-state index contributed by atoms with van der Waals surface area (Å²) in [6.07, 6.45) is 1.61. The van der Waals surface area contributed by atoms with Gasteiger partial charge in [-0.3, -0.25) is 4.79 Å². The first-order valence-electron chi connectivity index (χ1n) is 8.19. The summed E-state index contributed by atoms with van der Waals surface area (Å²) in [6.45, 7) is 4.18. The van der Waals surface area contributed by atoms with E-state index in [4.69, 9.17) is 0 Å². The molecule has 0 aliphatic rings. The zero-order valence-corrected chi connectivity index (χ0v) is 14.7. The molecule has 0 heterocycles. The lowest BCUT2D eigenvalue weighted by atomic mass is 10.0. The molecular formula is C20H25NOS. The zero-order chi connectivity index (χ0) is 16.5. The molecule has 3 heteroatoms. The van der Waals surface area contributed by atoms with Gasteiger partial charge in [0.25, 0.3) is 0 Å². The van der Waals surface area contributed by atoms with Crippen LogP contribution >= 0.6 is 11.8 Å². The molecule has 0 fully saturated rings. The Hall–Kier alpha value is -1.74. The Morgan fingerprint density at radius 3 is 2.39 bits per heavy atom. The fourth-order valence-electron chi connectivity index (χ4n) is 2.37.